The monoisotopic (exact) mass is 347 g/mol. The number of nitro groups is 1. The van der Waals surface area contributed by atoms with Crippen LogP contribution in [0.5, 0.6) is 0 Å². The van der Waals surface area contributed by atoms with Gasteiger partial charge in [0.05, 0.1) is 10.5 Å². The maximum Gasteiger partial charge on any atom is 0.321 e. The van der Waals surface area contributed by atoms with E-state index >= 15 is 0 Å². The number of allylic oxidation sites excluding steroid dienone is 1. The van der Waals surface area contributed by atoms with Crippen molar-refractivity contribution in [1.82, 2.24) is 0 Å². The van der Waals surface area contributed by atoms with E-state index in [1.165, 1.54) is 6.08 Å². The average molecular weight is 348 g/mol. The van der Waals surface area contributed by atoms with Gasteiger partial charge in [-0.3, -0.25) is 14.9 Å². The van der Waals surface area contributed by atoms with Gasteiger partial charge in [-0.05, 0) is 19.1 Å². The highest BCUT2D eigenvalue weighted by atomic mass is 35.5. The summed E-state index contributed by atoms with van der Waals surface area (Å²) in [4.78, 5) is 22.4. The summed E-state index contributed by atoms with van der Waals surface area (Å²) < 4.78 is 11.0. The van der Waals surface area contributed by atoms with E-state index in [9.17, 15) is 14.9 Å². The number of fused-ring (bicyclic) bond motifs is 3. The molecular formula is C17H14ClNO5. The third kappa shape index (κ3) is 2.92. The maximum absolute atomic E-state index is 11.4. The van der Waals surface area contributed by atoms with E-state index in [4.69, 9.17) is 20.8 Å². The summed E-state index contributed by atoms with van der Waals surface area (Å²) in [5, 5.41) is 12.3. The van der Waals surface area contributed by atoms with E-state index in [0.717, 1.165) is 10.9 Å². The van der Waals surface area contributed by atoms with Crippen LogP contribution in [0, 0.1) is 10.1 Å². The number of nitrogens with zero attached hydrogens (tertiary/aromatic N) is 1. The quantitative estimate of drug-likeness (QED) is 0.364. The third-order valence-corrected chi connectivity index (χ3v) is 4.06. The van der Waals surface area contributed by atoms with Gasteiger partial charge in [-0.1, -0.05) is 18.2 Å². The lowest BCUT2D eigenvalue weighted by atomic mass is 10.0. The number of halogens is 1. The minimum atomic E-state index is -0.799. The first-order valence-corrected chi connectivity index (χ1v) is 7.87. The maximum atomic E-state index is 11.4. The molecule has 0 saturated carbocycles. The highest BCUT2D eigenvalue weighted by molar-refractivity contribution is 6.26. The number of hydrogen-bond acceptors (Lipinski definition) is 5. The first-order chi connectivity index (χ1) is 11.5. The van der Waals surface area contributed by atoms with Gasteiger partial charge >= 0.3 is 5.97 Å². The normalized spacial score (nSPS) is 15.1. The summed E-state index contributed by atoms with van der Waals surface area (Å²) in [5.74, 6) is -0.301. The van der Waals surface area contributed by atoms with Crippen LogP contribution >= 0.6 is 11.6 Å². The van der Waals surface area contributed by atoms with Crippen molar-refractivity contribution in [3.63, 3.8) is 0 Å². The van der Waals surface area contributed by atoms with Gasteiger partial charge in [0.25, 0.3) is 5.70 Å². The number of furan rings is 1. The minimum Gasteiger partial charge on any atom is -0.460 e. The number of esters is 1. The lowest BCUT2D eigenvalue weighted by molar-refractivity contribution is -0.421. The molecule has 0 aliphatic heterocycles. The fourth-order valence-electron chi connectivity index (χ4n) is 2.76. The van der Waals surface area contributed by atoms with Crippen molar-refractivity contribution in [3.05, 3.63) is 63.0 Å². The van der Waals surface area contributed by atoms with Crippen molar-refractivity contribution in [2.24, 2.45) is 0 Å². The van der Waals surface area contributed by atoms with E-state index in [-0.39, 0.29) is 18.0 Å². The highest BCUT2D eigenvalue weighted by Gasteiger charge is 2.29. The van der Waals surface area contributed by atoms with Gasteiger partial charge in [0.1, 0.15) is 23.3 Å². The predicted octanol–water partition coefficient (Wildman–Crippen LogP) is 3.70. The second-order valence-electron chi connectivity index (χ2n) is 5.35. The standard InChI is InChI=1S/C17H14ClNO5/c1-10(23-17(20)9-18)12-8-13-11-4-2-3-5-15(11)24-16(13)7-6-14(12)19(21)22/h2-6,8,10H,7,9H2,1H3. The van der Waals surface area contributed by atoms with Gasteiger partial charge in [-0.25, -0.2) is 0 Å². The molecule has 1 aliphatic carbocycles. The van der Waals surface area contributed by atoms with Crippen LogP contribution in [0.1, 0.15) is 18.2 Å². The fourth-order valence-corrected chi connectivity index (χ4v) is 2.82. The van der Waals surface area contributed by atoms with Crippen LogP contribution in [-0.4, -0.2) is 22.9 Å². The van der Waals surface area contributed by atoms with Crippen LogP contribution in [0.25, 0.3) is 17.0 Å². The van der Waals surface area contributed by atoms with E-state index in [1.54, 1.807) is 13.0 Å². The molecule has 1 unspecified atom stereocenters. The summed E-state index contributed by atoms with van der Waals surface area (Å²) in [7, 11) is 0. The van der Waals surface area contributed by atoms with E-state index in [1.807, 2.05) is 24.3 Å². The second kappa shape index (κ2) is 6.49. The van der Waals surface area contributed by atoms with Crippen LogP contribution in [0.4, 0.5) is 0 Å². The van der Waals surface area contributed by atoms with Gasteiger partial charge in [-0.15, -0.1) is 11.6 Å². The van der Waals surface area contributed by atoms with Crippen molar-refractivity contribution in [3.8, 4) is 0 Å². The van der Waals surface area contributed by atoms with Gasteiger partial charge in [0, 0.05) is 23.4 Å². The number of ether oxygens (including phenoxy) is 1. The molecule has 124 valence electrons. The van der Waals surface area contributed by atoms with Gasteiger partial charge < -0.3 is 9.15 Å². The number of rotatable bonds is 4. The van der Waals surface area contributed by atoms with Crippen LogP contribution in [0.15, 0.2) is 46.0 Å². The molecule has 0 fully saturated rings. The van der Waals surface area contributed by atoms with Crippen molar-refractivity contribution in [2.45, 2.75) is 19.4 Å². The van der Waals surface area contributed by atoms with Crippen LogP contribution in [0.3, 0.4) is 0 Å². The third-order valence-electron chi connectivity index (χ3n) is 3.84. The molecule has 6 nitrogen and oxygen atoms in total. The summed E-state index contributed by atoms with van der Waals surface area (Å²) in [5.41, 5.74) is 1.69. The van der Waals surface area contributed by atoms with Crippen molar-refractivity contribution in [1.29, 1.82) is 0 Å². The Morgan fingerprint density at radius 2 is 2.21 bits per heavy atom. The van der Waals surface area contributed by atoms with E-state index in [2.05, 4.69) is 0 Å². The van der Waals surface area contributed by atoms with Gasteiger partial charge in [0.15, 0.2) is 0 Å². The molecule has 7 heteroatoms. The van der Waals surface area contributed by atoms with Crippen molar-refractivity contribution < 1.29 is 18.9 Å². The molecule has 0 spiro atoms. The SMILES string of the molecule is CC(OC(=O)CCl)C1=Cc2c(oc3ccccc23)CC=C1[N+](=O)[O-]. The number of hydrogen-bond donors (Lipinski definition) is 0. The van der Waals surface area contributed by atoms with E-state index < -0.39 is 17.0 Å². The molecule has 2 aromatic rings. The summed E-state index contributed by atoms with van der Waals surface area (Å²) >= 11 is 5.45. The molecule has 1 atom stereocenters. The Morgan fingerprint density at radius 3 is 2.92 bits per heavy atom. The predicted molar refractivity (Wildman–Crippen MR) is 89.2 cm³/mol. The number of alkyl halides is 1. The first kappa shape index (κ1) is 16.3. The largest absolute Gasteiger partial charge is 0.460 e. The molecule has 0 radical (unpaired) electrons. The Kier molecular flexibility index (Phi) is 4.40. The summed E-state index contributed by atoms with van der Waals surface area (Å²) in [6, 6.07) is 7.46. The van der Waals surface area contributed by atoms with Crippen molar-refractivity contribution in [2.75, 3.05) is 5.88 Å². The van der Waals surface area contributed by atoms with Gasteiger partial charge in [0.2, 0.25) is 0 Å². The van der Waals surface area contributed by atoms with Crippen LogP contribution in [0.2, 0.25) is 0 Å². The highest BCUT2D eigenvalue weighted by Crippen LogP contribution is 2.34. The molecule has 1 aromatic carbocycles. The van der Waals surface area contributed by atoms with Crippen molar-refractivity contribution >= 4 is 34.6 Å². The summed E-state index contributed by atoms with van der Waals surface area (Å²) in [6.45, 7) is 1.58. The fraction of sp³-hybridized carbons (Fsp3) is 0.235. The zero-order valence-electron chi connectivity index (χ0n) is 12.8. The number of para-hydroxylation sites is 1. The van der Waals surface area contributed by atoms with E-state index in [0.29, 0.717) is 16.9 Å². The average Bonchev–Trinajstić information content (AvgIpc) is 2.79. The van der Waals surface area contributed by atoms with Gasteiger partial charge in [-0.2, -0.15) is 0 Å². The second-order valence-corrected chi connectivity index (χ2v) is 5.62. The smallest absolute Gasteiger partial charge is 0.321 e. The molecule has 24 heavy (non-hydrogen) atoms. The molecule has 1 heterocycles. The Hall–Kier alpha value is -2.60. The zero-order valence-corrected chi connectivity index (χ0v) is 13.6. The summed E-state index contributed by atoms with van der Waals surface area (Å²) in [6.07, 6.45) is 2.63. The lowest BCUT2D eigenvalue weighted by Crippen LogP contribution is -2.21. The van der Waals surface area contributed by atoms with Crippen LogP contribution < -0.4 is 0 Å². The van der Waals surface area contributed by atoms with Crippen LogP contribution in [-0.2, 0) is 16.0 Å². The minimum absolute atomic E-state index is 0.0969. The number of benzene rings is 1. The molecule has 0 bridgehead atoms. The molecule has 0 amide bonds. The molecule has 0 saturated heterocycles. The Balaban J connectivity index is 2.12. The Bertz CT molecular complexity index is 880. The number of carbonyl (C=O) groups is 1. The molecule has 3 rings (SSSR count). The zero-order chi connectivity index (χ0) is 17.3. The Morgan fingerprint density at radius 1 is 1.46 bits per heavy atom. The molecular weight excluding hydrogens is 334 g/mol. The topological polar surface area (TPSA) is 82.6 Å². The molecule has 1 aliphatic rings. The molecule has 1 aromatic heterocycles. The first-order valence-electron chi connectivity index (χ1n) is 7.33. The molecule has 0 N–H and O–H groups in total. The lowest BCUT2D eigenvalue weighted by Gasteiger charge is -2.14. The Labute approximate surface area is 142 Å². The number of carbonyl (C=O) groups excluding carboxylic acids is 1.